The van der Waals surface area contributed by atoms with Crippen molar-refractivity contribution in [3.05, 3.63) is 29.8 Å². The molecule has 6 nitrogen and oxygen atoms in total. The van der Waals surface area contributed by atoms with Crippen LogP contribution >= 0.6 is 0 Å². The van der Waals surface area contributed by atoms with Gasteiger partial charge in [-0.05, 0) is 42.1 Å². The van der Waals surface area contributed by atoms with Gasteiger partial charge in [0.15, 0.2) is 0 Å². The Morgan fingerprint density at radius 2 is 2.06 bits per heavy atom. The van der Waals surface area contributed by atoms with Gasteiger partial charge in [0.2, 0.25) is 5.91 Å². The number of anilines is 1. The van der Waals surface area contributed by atoms with Crippen LogP contribution < -0.4 is 5.32 Å². The van der Waals surface area contributed by atoms with Gasteiger partial charge in [0.25, 0.3) is 0 Å². The average Bonchev–Trinajstić information content (AvgIpc) is 3.10. The summed E-state index contributed by atoms with van der Waals surface area (Å²) in [5, 5.41) is 11.2. The van der Waals surface area contributed by atoms with Crippen molar-refractivity contribution in [2.75, 3.05) is 5.32 Å². The van der Waals surface area contributed by atoms with Gasteiger partial charge in [0.05, 0.1) is 5.56 Å². The fourth-order valence-corrected chi connectivity index (χ4v) is 2.20. The molecule has 0 radical (unpaired) electrons. The molecule has 1 atom stereocenters. The first-order chi connectivity index (χ1) is 8.45. The SMILES string of the molecule is O=C(O)c1cccc(NC(=O)C2(S(=O)[O-])CC2)c1. The molecule has 0 aromatic heterocycles. The molecule has 1 saturated carbocycles. The van der Waals surface area contributed by atoms with Crippen molar-refractivity contribution < 1.29 is 23.5 Å². The summed E-state index contributed by atoms with van der Waals surface area (Å²) >= 11 is -2.46. The van der Waals surface area contributed by atoms with E-state index < -0.39 is 27.7 Å². The lowest BCUT2D eigenvalue weighted by molar-refractivity contribution is -0.116. The van der Waals surface area contributed by atoms with Gasteiger partial charge < -0.3 is 15.0 Å². The van der Waals surface area contributed by atoms with Gasteiger partial charge in [-0.3, -0.25) is 9.00 Å². The van der Waals surface area contributed by atoms with Crippen LogP contribution in [0.3, 0.4) is 0 Å². The Hall–Kier alpha value is -1.73. The maximum atomic E-state index is 11.8. The highest BCUT2D eigenvalue weighted by Crippen LogP contribution is 2.41. The summed E-state index contributed by atoms with van der Waals surface area (Å²) < 4.78 is 20.5. The summed E-state index contributed by atoms with van der Waals surface area (Å²) in [4.78, 5) is 22.5. The van der Waals surface area contributed by atoms with E-state index in [1.54, 1.807) is 0 Å². The van der Waals surface area contributed by atoms with Crippen molar-refractivity contribution in [3.8, 4) is 0 Å². The second-order valence-electron chi connectivity index (χ2n) is 4.07. The van der Waals surface area contributed by atoms with Crippen LogP contribution in [-0.2, 0) is 15.9 Å². The third-order valence-corrected chi connectivity index (χ3v) is 4.04. The molecule has 1 unspecified atom stereocenters. The monoisotopic (exact) mass is 268 g/mol. The third kappa shape index (κ3) is 2.27. The number of amides is 1. The zero-order chi connectivity index (χ0) is 13.3. The van der Waals surface area contributed by atoms with E-state index in [0.29, 0.717) is 12.8 Å². The topological polar surface area (TPSA) is 107 Å². The predicted molar refractivity (Wildman–Crippen MR) is 62.9 cm³/mol. The first-order valence-corrected chi connectivity index (χ1v) is 6.27. The fraction of sp³-hybridized carbons (Fsp3) is 0.273. The van der Waals surface area contributed by atoms with E-state index in [1.165, 1.54) is 24.3 Å². The minimum Gasteiger partial charge on any atom is -0.772 e. The molecule has 96 valence electrons. The van der Waals surface area contributed by atoms with Gasteiger partial charge >= 0.3 is 5.97 Å². The number of rotatable bonds is 4. The molecule has 1 aliphatic carbocycles. The fourth-order valence-electron chi connectivity index (χ4n) is 1.56. The van der Waals surface area contributed by atoms with Crippen LogP contribution in [-0.4, -0.2) is 30.5 Å². The van der Waals surface area contributed by atoms with E-state index in [9.17, 15) is 18.4 Å². The summed E-state index contributed by atoms with van der Waals surface area (Å²) in [6.07, 6.45) is 0.598. The Morgan fingerprint density at radius 3 is 2.56 bits per heavy atom. The largest absolute Gasteiger partial charge is 0.772 e. The number of carboxylic acid groups (broad SMARTS) is 1. The number of carbonyl (C=O) groups is 2. The standard InChI is InChI=1S/C11H11NO5S/c13-9(14)7-2-1-3-8(6-7)12-10(15)11(4-5-11)18(16)17/h1-3,6H,4-5H2,(H,12,15)(H,13,14)(H,16,17)/p-1. The highest BCUT2D eigenvalue weighted by molar-refractivity contribution is 7.82. The van der Waals surface area contributed by atoms with Crippen LogP contribution in [0.5, 0.6) is 0 Å². The van der Waals surface area contributed by atoms with Crippen molar-refractivity contribution in [3.63, 3.8) is 0 Å². The second kappa shape index (κ2) is 4.51. The molecule has 0 spiro atoms. The Bertz CT molecular complexity index is 538. The highest BCUT2D eigenvalue weighted by atomic mass is 32.2. The lowest BCUT2D eigenvalue weighted by Crippen LogP contribution is -2.33. The third-order valence-electron chi connectivity index (χ3n) is 2.80. The Balaban J connectivity index is 2.15. The molecule has 0 heterocycles. The molecule has 1 aromatic rings. The number of benzene rings is 1. The Kier molecular flexibility index (Phi) is 3.18. The van der Waals surface area contributed by atoms with Gasteiger partial charge in [0.1, 0.15) is 4.75 Å². The van der Waals surface area contributed by atoms with Gasteiger partial charge in [-0.25, -0.2) is 4.79 Å². The van der Waals surface area contributed by atoms with Crippen molar-refractivity contribution in [1.29, 1.82) is 0 Å². The molecule has 1 fully saturated rings. The van der Waals surface area contributed by atoms with Gasteiger partial charge in [-0.1, -0.05) is 6.07 Å². The maximum absolute atomic E-state index is 11.8. The highest BCUT2D eigenvalue weighted by Gasteiger charge is 2.51. The molecule has 1 aliphatic rings. The van der Waals surface area contributed by atoms with E-state index in [4.69, 9.17) is 5.11 Å². The number of aromatic carboxylic acids is 1. The molecule has 2 rings (SSSR count). The molecule has 18 heavy (non-hydrogen) atoms. The number of hydrogen-bond donors (Lipinski definition) is 2. The minimum atomic E-state index is -2.46. The molecule has 1 amide bonds. The van der Waals surface area contributed by atoms with Crippen LogP contribution in [0.25, 0.3) is 0 Å². The summed E-state index contributed by atoms with van der Waals surface area (Å²) in [5.74, 6) is -1.72. The van der Waals surface area contributed by atoms with E-state index >= 15 is 0 Å². The number of carboxylic acids is 1. The second-order valence-corrected chi connectivity index (χ2v) is 5.32. The predicted octanol–water partition coefficient (Wildman–Crippen LogP) is 0.735. The van der Waals surface area contributed by atoms with E-state index in [1.807, 2.05) is 0 Å². The van der Waals surface area contributed by atoms with Crippen LogP contribution in [0.4, 0.5) is 5.69 Å². The molecular weight excluding hydrogens is 258 g/mol. The van der Waals surface area contributed by atoms with Crippen molar-refractivity contribution in [2.45, 2.75) is 17.6 Å². The number of hydrogen-bond acceptors (Lipinski definition) is 4. The van der Waals surface area contributed by atoms with Gasteiger partial charge in [-0.15, -0.1) is 0 Å². The van der Waals surface area contributed by atoms with Crippen LogP contribution in [0.2, 0.25) is 0 Å². The lowest BCUT2D eigenvalue weighted by Gasteiger charge is -2.17. The quantitative estimate of drug-likeness (QED) is 0.783. The normalized spacial score (nSPS) is 17.8. The average molecular weight is 268 g/mol. The molecule has 1 aromatic carbocycles. The molecule has 0 aliphatic heterocycles. The van der Waals surface area contributed by atoms with E-state index in [0.717, 1.165) is 0 Å². The van der Waals surface area contributed by atoms with Crippen molar-refractivity contribution >= 4 is 28.6 Å². The summed E-state index contributed by atoms with van der Waals surface area (Å²) in [6, 6.07) is 5.65. The zero-order valence-corrected chi connectivity index (χ0v) is 10.0. The molecular formula is C11H10NO5S-. The molecule has 0 bridgehead atoms. The smallest absolute Gasteiger partial charge is 0.335 e. The first-order valence-electron chi connectivity index (χ1n) is 5.20. The first kappa shape index (κ1) is 12.7. The van der Waals surface area contributed by atoms with Gasteiger partial charge in [0, 0.05) is 5.69 Å². The van der Waals surface area contributed by atoms with Crippen LogP contribution in [0.15, 0.2) is 24.3 Å². The van der Waals surface area contributed by atoms with Crippen LogP contribution in [0.1, 0.15) is 23.2 Å². The Labute approximate surface area is 105 Å². The molecule has 7 heteroatoms. The Morgan fingerprint density at radius 1 is 1.39 bits per heavy atom. The van der Waals surface area contributed by atoms with Crippen molar-refractivity contribution in [2.24, 2.45) is 0 Å². The summed E-state index contributed by atoms with van der Waals surface area (Å²) in [6.45, 7) is 0. The number of nitrogens with one attached hydrogen (secondary N) is 1. The molecule has 2 N–H and O–H groups in total. The zero-order valence-electron chi connectivity index (χ0n) is 9.21. The van der Waals surface area contributed by atoms with Crippen molar-refractivity contribution in [1.82, 2.24) is 0 Å². The summed E-state index contributed by atoms with van der Waals surface area (Å²) in [5.41, 5.74) is 0.303. The lowest BCUT2D eigenvalue weighted by atomic mass is 10.2. The van der Waals surface area contributed by atoms with Crippen LogP contribution in [0, 0.1) is 0 Å². The minimum absolute atomic E-state index is 0.0286. The molecule has 0 saturated heterocycles. The number of carbonyl (C=O) groups excluding carboxylic acids is 1. The maximum Gasteiger partial charge on any atom is 0.335 e. The van der Waals surface area contributed by atoms with Gasteiger partial charge in [-0.2, -0.15) is 0 Å². The van der Waals surface area contributed by atoms with E-state index in [-0.39, 0.29) is 11.3 Å². The van der Waals surface area contributed by atoms with E-state index in [2.05, 4.69) is 5.32 Å². The summed E-state index contributed by atoms with van der Waals surface area (Å²) in [7, 11) is 0.